The zero-order valence-electron chi connectivity index (χ0n) is 16.4. The maximum Gasteiger partial charge on any atom is 0.325 e. The van der Waals surface area contributed by atoms with Gasteiger partial charge in [-0.05, 0) is 30.5 Å². The molecule has 1 unspecified atom stereocenters. The Labute approximate surface area is 168 Å². The van der Waals surface area contributed by atoms with E-state index in [0.717, 1.165) is 23.3 Å². The fraction of sp³-hybridized carbons (Fsp3) is 0.333. The number of nitro groups is 1. The molecule has 1 aliphatic heterocycles. The third kappa shape index (κ3) is 4.21. The first-order valence-electron chi connectivity index (χ1n) is 9.46. The third-order valence-electron chi connectivity index (χ3n) is 4.96. The van der Waals surface area contributed by atoms with Crippen molar-refractivity contribution in [1.82, 2.24) is 10.2 Å². The molecule has 3 rings (SSSR count). The van der Waals surface area contributed by atoms with E-state index in [9.17, 15) is 19.7 Å². The summed E-state index contributed by atoms with van der Waals surface area (Å²) in [6.07, 6.45) is 1.99. The molecule has 1 saturated heterocycles. The average molecular weight is 397 g/mol. The number of hydrogen-bond donors (Lipinski definition) is 1. The normalized spacial score (nSPS) is 18.6. The highest BCUT2D eigenvalue weighted by Gasteiger charge is 2.48. The van der Waals surface area contributed by atoms with Gasteiger partial charge in [0.1, 0.15) is 17.9 Å². The molecule has 0 spiro atoms. The number of carbonyl (C=O) groups is 2. The molecule has 0 bridgehead atoms. The first-order chi connectivity index (χ1) is 13.8. The zero-order chi connectivity index (χ0) is 21.0. The van der Waals surface area contributed by atoms with E-state index in [0.29, 0.717) is 5.75 Å². The molecule has 1 heterocycles. The van der Waals surface area contributed by atoms with Gasteiger partial charge >= 0.3 is 6.03 Å². The second kappa shape index (κ2) is 8.30. The number of nitro benzene ring substituents is 1. The summed E-state index contributed by atoms with van der Waals surface area (Å²) in [6.45, 7) is 3.86. The lowest BCUT2D eigenvalue weighted by molar-refractivity contribution is -0.384. The molecule has 2 aromatic rings. The largest absolute Gasteiger partial charge is 0.491 e. The van der Waals surface area contributed by atoms with Gasteiger partial charge in [0.25, 0.3) is 11.6 Å². The predicted molar refractivity (Wildman–Crippen MR) is 107 cm³/mol. The number of benzene rings is 2. The second-order valence-electron chi connectivity index (χ2n) is 7.06. The molecule has 0 radical (unpaired) electrons. The summed E-state index contributed by atoms with van der Waals surface area (Å²) in [4.78, 5) is 36.7. The van der Waals surface area contributed by atoms with Gasteiger partial charge in [-0.1, -0.05) is 43.7 Å². The Kier molecular flexibility index (Phi) is 5.81. The quantitative estimate of drug-likeness (QED) is 0.418. The standard InChI is InChI=1S/C21H23N3O5/c1-3-5-15-8-10-16(11-9-15)21(2)19(25)23(20(26)22-21)12-13-29-18-7-4-6-17(14-18)24(27)28/h4,6-11,14H,3,5,12-13H2,1-2H3,(H,22,26). The van der Waals surface area contributed by atoms with E-state index in [-0.39, 0.29) is 24.7 Å². The Morgan fingerprint density at radius 1 is 1.17 bits per heavy atom. The second-order valence-corrected chi connectivity index (χ2v) is 7.06. The summed E-state index contributed by atoms with van der Waals surface area (Å²) in [7, 11) is 0. The number of nitrogens with zero attached hydrogens (tertiary/aromatic N) is 2. The van der Waals surface area contributed by atoms with Crippen molar-refractivity contribution in [1.29, 1.82) is 0 Å². The average Bonchev–Trinajstić information content (AvgIpc) is 2.93. The lowest BCUT2D eigenvalue weighted by Gasteiger charge is -2.22. The number of rotatable bonds is 8. The van der Waals surface area contributed by atoms with E-state index < -0.39 is 16.5 Å². The first-order valence-corrected chi connectivity index (χ1v) is 9.46. The highest BCUT2D eigenvalue weighted by atomic mass is 16.6. The molecule has 8 heteroatoms. The van der Waals surface area contributed by atoms with Crippen LogP contribution in [-0.2, 0) is 16.8 Å². The Morgan fingerprint density at radius 2 is 1.90 bits per heavy atom. The van der Waals surface area contributed by atoms with Crippen LogP contribution in [0.15, 0.2) is 48.5 Å². The molecular formula is C21H23N3O5. The van der Waals surface area contributed by atoms with Crippen LogP contribution in [0.2, 0.25) is 0 Å². The summed E-state index contributed by atoms with van der Waals surface area (Å²) >= 11 is 0. The van der Waals surface area contributed by atoms with Crippen LogP contribution < -0.4 is 10.1 Å². The van der Waals surface area contributed by atoms with Crippen LogP contribution in [0, 0.1) is 10.1 Å². The molecule has 1 N–H and O–H groups in total. The summed E-state index contributed by atoms with van der Waals surface area (Å²) in [5, 5.41) is 13.6. The van der Waals surface area contributed by atoms with Crippen molar-refractivity contribution in [3.63, 3.8) is 0 Å². The van der Waals surface area contributed by atoms with E-state index in [4.69, 9.17) is 4.74 Å². The molecule has 1 atom stereocenters. The van der Waals surface area contributed by atoms with Gasteiger partial charge in [0.2, 0.25) is 0 Å². The number of ether oxygens (including phenoxy) is 1. The molecule has 0 saturated carbocycles. The smallest absolute Gasteiger partial charge is 0.325 e. The molecule has 0 aliphatic carbocycles. The van der Waals surface area contributed by atoms with Gasteiger partial charge in [-0.15, -0.1) is 0 Å². The van der Waals surface area contributed by atoms with Gasteiger partial charge in [0.05, 0.1) is 17.5 Å². The lowest BCUT2D eigenvalue weighted by Crippen LogP contribution is -2.41. The number of non-ortho nitro benzene ring substituents is 1. The maximum atomic E-state index is 12.9. The summed E-state index contributed by atoms with van der Waals surface area (Å²) < 4.78 is 5.49. The number of imide groups is 1. The highest BCUT2D eigenvalue weighted by molar-refractivity contribution is 6.07. The number of hydrogen-bond acceptors (Lipinski definition) is 5. The SMILES string of the molecule is CCCc1ccc(C2(C)NC(=O)N(CCOc3cccc([N+](=O)[O-])c3)C2=O)cc1. The van der Waals surface area contributed by atoms with Crippen molar-refractivity contribution in [3.05, 3.63) is 69.8 Å². The Morgan fingerprint density at radius 3 is 2.55 bits per heavy atom. The van der Waals surface area contributed by atoms with Crippen molar-refractivity contribution in [2.75, 3.05) is 13.2 Å². The minimum Gasteiger partial charge on any atom is -0.491 e. The first kappa shape index (κ1) is 20.3. The molecule has 0 aromatic heterocycles. The van der Waals surface area contributed by atoms with Crippen molar-refractivity contribution >= 4 is 17.6 Å². The molecular weight excluding hydrogens is 374 g/mol. The third-order valence-corrected chi connectivity index (χ3v) is 4.96. The number of amides is 3. The maximum absolute atomic E-state index is 12.9. The van der Waals surface area contributed by atoms with Gasteiger partial charge in [0, 0.05) is 6.07 Å². The van der Waals surface area contributed by atoms with Gasteiger partial charge in [-0.25, -0.2) is 4.79 Å². The Hall–Kier alpha value is -3.42. The molecule has 2 aromatic carbocycles. The number of carbonyl (C=O) groups excluding carboxylic acids is 2. The van der Waals surface area contributed by atoms with Crippen LogP contribution in [0.3, 0.4) is 0 Å². The minimum absolute atomic E-state index is 0.0336. The van der Waals surface area contributed by atoms with Crippen molar-refractivity contribution in [3.8, 4) is 5.75 Å². The number of urea groups is 1. The van der Waals surface area contributed by atoms with Gasteiger partial charge in [-0.3, -0.25) is 19.8 Å². The monoisotopic (exact) mass is 397 g/mol. The van der Waals surface area contributed by atoms with Crippen LogP contribution in [0.25, 0.3) is 0 Å². The van der Waals surface area contributed by atoms with Crippen molar-refractivity contribution in [2.24, 2.45) is 0 Å². The predicted octanol–water partition coefficient (Wildman–Crippen LogP) is 3.39. The van der Waals surface area contributed by atoms with Crippen molar-refractivity contribution < 1.29 is 19.2 Å². The van der Waals surface area contributed by atoms with Crippen molar-refractivity contribution in [2.45, 2.75) is 32.2 Å². The summed E-state index contributed by atoms with van der Waals surface area (Å²) in [5.74, 6) is -0.0473. The van der Waals surface area contributed by atoms with Crippen LogP contribution in [0.4, 0.5) is 10.5 Å². The van der Waals surface area contributed by atoms with Crippen LogP contribution in [0.5, 0.6) is 5.75 Å². The Balaban J connectivity index is 1.65. The van der Waals surface area contributed by atoms with Gasteiger partial charge in [0.15, 0.2) is 0 Å². The van der Waals surface area contributed by atoms with E-state index in [1.54, 1.807) is 13.0 Å². The van der Waals surface area contributed by atoms with E-state index in [1.807, 2.05) is 24.3 Å². The summed E-state index contributed by atoms with van der Waals surface area (Å²) in [6, 6.07) is 12.9. The van der Waals surface area contributed by atoms with E-state index >= 15 is 0 Å². The fourth-order valence-corrected chi connectivity index (χ4v) is 3.33. The van der Waals surface area contributed by atoms with E-state index in [1.165, 1.54) is 23.8 Å². The molecule has 1 fully saturated rings. The zero-order valence-corrected chi connectivity index (χ0v) is 16.4. The number of nitrogens with one attached hydrogen (secondary N) is 1. The minimum atomic E-state index is -1.13. The van der Waals surface area contributed by atoms with Gasteiger partial charge < -0.3 is 10.1 Å². The molecule has 8 nitrogen and oxygen atoms in total. The lowest BCUT2D eigenvalue weighted by atomic mass is 9.91. The van der Waals surface area contributed by atoms with Crippen LogP contribution in [-0.4, -0.2) is 34.9 Å². The molecule has 3 amide bonds. The topological polar surface area (TPSA) is 102 Å². The molecule has 152 valence electrons. The highest BCUT2D eigenvalue weighted by Crippen LogP contribution is 2.29. The Bertz CT molecular complexity index is 928. The molecule has 29 heavy (non-hydrogen) atoms. The summed E-state index contributed by atoms with van der Waals surface area (Å²) in [5.41, 5.74) is 0.682. The van der Waals surface area contributed by atoms with E-state index in [2.05, 4.69) is 12.2 Å². The van der Waals surface area contributed by atoms with Crippen LogP contribution >= 0.6 is 0 Å². The van der Waals surface area contributed by atoms with Crippen LogP contribution in [0.1, 0.15) is 31.4 Å². The fourth-order valence-electron chi connectivity index (χ4n) is 3.33. The van der Waals surface area contributed by atoms with Gasteiger partial charge in [-0.2, -0.15) is 0 Å². The molecule has 1 aliphatic rings. The number of aryl methyl sites for hydroxylation is 1.